The lowest BCUT2D eigenvalue weighted by molar-refractivity contribution is 0.659. The first-order valence-corrected chi connectivity index (χ1v) is 7.17. The van der Waals surface area contributed by atoms with Gasteiger partial charge in [0.2, 0.25) is 0 Å². The first-order valence-electron chi connectivity index (χ1n) is 6.54. The van der Waals surface area contributed by atoms with Crippen LogP contribution in [0, 0.1) is 11.8 Å². The molecule has 1 nitrogen and oxygen atoms in total. The summed E-state index contributed by atoms with van der Waals surface area (Å²) < 4.78 is 0. The van der Waals surface area contributed by atoms with Gasteiger partial charge in [0.1, 0.15) is 0 Å². The van der Waals surface area contributed by atoms with Crippen LogP contribution in [0.1, 0.15) is 47.5 Å². The summed E-state index contributed by atoms with van der Waals surface area (Å²) in [6, 6.07) is 0. The van der Waals surface area contributed by atoms with Crippen molar-refractivity contribution < 1.29 is 0 Å². The predicted molar refractivity (Wildman–Crippen MR) is 91.1 cm³/mol. The van der Waals surface area contributed by atoms with Gasteiger partial charge < -0.3 is 5.73 Å². The van der Waals surface area contributed by atoms with Gasteiger partial charge in [-0.05, 0) is 31.6 Å². The summed E-state index contributed by atoms with van der Waals surface area (Å²) in [7, 11) is 0. The summed E-state index contributed by atoms with van der Waals surface area (Å²) >= 11 is 3.57. The molecule has 0 atom stereocenters. The standard InChI is InChI=1S/C9H18.C6H10.CH5NS/c1-8(2)6-5-7-9(3)4;1-4-5-6(2)3;2-1-3/h5-6,8-9H,7H2,1-4H3;4H,1-2,5H2,3H3;3H,1-2H2/b6-5-;;. The van der Waals surface area contributed by atoms with Crippen LogP contribution in [0.5, 0.6) is 0 Å². The minimum absolute atomic E-state index is 0.444. The molecule has 0 aliphatic heterocycles. The van der Waals surface area contributed by atoms with E-state index in [0.29, 0.717) is 11.8 Å². The zero-order valence-corrected chi connectivity index (χ0v) is 13.8. The fourth-order valence-electron chi connectivity index (χ4n) is 0.869. The Hall–Kier alpha value is -0.470. The highest BCUT2D eigenvalue weighted by Gasteiger charge is 1.87. The Morgan fingerprint density at radius 2 is 1.72 bits per heavy atom. The third kappa shape index (κ3) is 45.1. The molecule has 0 fully saturated rings. The Morgan fingerprint density at radius 1 is 1.28 bits per heavy atom. The van der Waals surface area contributed by atoms with Gasteiger partial charge in [0.05, 0.1) is 0 Å². The smallest absolute Gasteiger partial charge is 0.0362 e. The summed E-state index contributed by atoms with van der Waals surface area (Å²) in [5, 5.41) is 0. The van der Waals surface area contributed by atoms with Crippen LogP contribution >= 0.6 is 12.6 Å². The molecule has 0 bridgehead atoms. The van der Waals surface area contributed by atoms with E-state index in [1.54, 1.807) is 0 Å². The van der Waals surface area contributed by atoms with Gasteiger partial charge in [-0.3, -0.25) is 0 Å². The number of rotatable bonds is 5. The molecule has 0 amide bonds. The number of hydrogen-bond donors (Lipinski definition) is 2. The molecule has 0 aromatic rings. The monoisotopic (exact) mass is 271 g/mol. The van der Waals surface area contributed by atoms with Crippen molar-refractivity contribution in [1.82, 2.24) is 0 Å². The molecule has 0 heterocycles. The van der Waals surface area contributed by atoms with Crippen LogP contribution in [0.3, 0.4) is 0 Å². The molecule has 2 heteroatoms. The van der Waals surface area contributed by atoms with Crippen LogP contribution in [-0.4, -0.2) is 5.88 Å². The lowest BCUT2D eigenvalue weighted by Crippen LogP contribution is -1.83. The Balaban J connectivity index is -0.000000216. The van der Waals surface area contributed by atoms with Gasteiger partial charge in [-0.1, -0.05) is 58.1 Å². The van der Waals surface area contributed by atoms with Crippen LogP contribution in [0.15, 0.2) is 37.0 Å². The van der Waals surface area contributed by atoms with E-state index >= 15 is 0 Å². The van der Waals surface area contributed by atoms with Crippen molar-refractivity contribution in [1.29, 1.82) is 0 Å². The molecule has 0 unspecified atom stereocenters. The molecule has 0 aliphatic carbocycles. The topological polar surface area (TPSA) is 26.0 Å². The average molecular weight is 272 g/mol. The molecular weight excluding hydrogens is 238 g/mol. The van der Waals surface area contributed by atoms with Crippen LogP contribution in [0.25, 0.3) is 0 Å². The predicted octanol–water partition coefficient (Wildman–Crippen LogP) is 5.22. The second kappa shape index (κ2) is 18.9. The lowest BCUT2D eigenvalue weighted by Gasteiger charge is -1.97. The second-order valence-corrected chi connectivity index (χ2v) is 5.30. The van der Waals surface area contributed by atoms with E-state index in [4.69, 9.17) is 5.73 Å². The first kappa shape index (κ1) is 22.7. The lowest BCUT2D eigenvalue weighted by atomic mass is 10.1. The number of nitrogens with two attached hydrogens (primary N) is 1. The highest BCUT2D eigenvalue weighted by atomic mass is 32.1. The summed E-state index contributed by atoms with van der Waals surface area (Å²) in [4.78, 5) is 0. The Kier molecular flexibility index (Phi) is 23.8. The van der Waals surface area contributed by atoms with Crippen molar-refractivity contribution in [3.8, 4) is 0 Å². The van der Waals surface area contributed by atoms with Crippen molar-refractivity contribution in [2.45, 2.75) is 47.5 Å². The van der Waals surface area contributed by atoms with Gasteiger partial charge in [0.25, 0.3) is 0 Å². The normalized spacial score (nSPS) is 9.61. The van der Waals surface area contributed by atoms with E-state index < -0.39 is 0 Å². The van der Waals surface area contributed by atoms with E-state index in [9.17, 15) is 0 Å². The van der Waals surface area contributed by atoms with Gasteiger partial charge in [-0.25, -0.2) is 0 Å². The van der Waals surface area contributed by atoms with Crippen molar-refractivity contribution in [3.05, 3.63) is 37.0 Å². The summed E-state index contributed by atoms with van der Waals surface area (Å²) in [6.45, 7) is 18.1. The summed E-state index contributed by atoms with van der Waals surface area (Å²) in [5.74, 6) is 1.96. The van der Waals surface area contributed by atoms with Gasteiger partial charge in [-0.2, -0.15) is 12.6 Å². The number of allylic oxidation sites excluding steroid dienone is 4. The second-order valence-electron chi connectivity index (χ2n) is 4.93. The molecule has 108 valence electrons. The van der Waals surface area contributed by atoms with Gasteiger partial charge in [0.15, 0.2) is 0 Å². The molecule has 0 spiro atoms. The molecule has 0 aliphatic rings. The van der Waals surface area contributed by atoms with E-state index in [-0.39, 0.29) is 0 Å². The molecule has 18 heavy (non-hydrogen) atoms. The largest absolute Gasteiger partial charge is 0.322 e. The Morgan fingerprint density at radius 3 is 1.89 bits per heavy atom. The van der Waals surface area contributed by atoms with Crippen molar-refractivity contribution in [2.24, 2.45) is 17.6 Å². The highest BCUT2D eigenvalue weighted by Crippen LogP contribution is 2.02. The number of hydrogen-bond acceptors (Lipinski definition) is 2. The molecular formula is C16H33NS. The summed E-state index contributed by atoms with van der Waals surface area (Å²) in [6.07, 6.45) is 8.55. The first-order chi connectivity index (χ1) is 8.31. The van der Waals surface area contributed by atoms with E-state index in [2.05, 4.69) is 65.6 Å². The minimum Gasteiger partial charge on any atom is -0.322 e. The van der Waals surface area contributed by atoms with Crippen molar-refractivity contribution in [3.63, 3.8) is 0 Å². The third-order valence-electron chi connectivity index (χ3n) is 1.62. The van der Waals surface area contributed by atoms with Gasteiger partial charge in [-0.15, -0.1) is 6.58 Å². The van der Waals surface area contributed by atoms with Crippen molar-refractivity contribution in [2.75, 3.05) is 5.88 Å². The zero-order valence-electron chi connectivity index (χ0n) is 12.9. The Bertz CT molecular complexity index is 205. The van der Waals surface area contributed by atoms with Crippen LogP contribution in [-0.2, 0) is 0 Å². The van der Waals surface area contributed by atoms with E-state index in [1.165, 1.54) is 12.0 Å². The fraction of sp³-hybridized carbons (Fsp3) is 0.625. The minimum atomic E-state index is 0.444. The highest BCUT2D eigenvalue weighted by molar-refractivity contribution is 7.80. The van der Waals surface area contributed by atoms with Gasteiger partial charge >= 0.3 is 0 Å². The molecule has 0 radical (unpaired) electrons. The van der Waals surface area contributed by atoms with Crippen LogP contribution in [0.4, 0.5) is 0 Å². The molecule has 0 rings (SSSR count). The third-order valence-corrected chi connectivity index (χ3v) is 1.62. The average Bonchev–Trinajstić information content (AvgIpc) is 2.17. The van der Waals surface area contributed by atoms with Crippen LogP contribution in [0.2, 0.25) is 0 Å². The number of thiol groups is 1. The molecule has 0 aromatic carbocycles. The van der Waals surface area contributed by atoms with E-state index in [1.807, 2.05) is 13.0 Å². The maximum Gasteiger partial charge on any atom is 0.0362 e. The maximum atomic E-state index is 4.71. The molecule has 0 saturated carbocycles. The zero-order chi connectivity index (χ0) is 15.0. The van der Waals surface area contributed by atoms with Crippen molar-refractivity contribution >= 4 is 12.6 Å². The SMILES string of the molecule is C=CCC(=C)C.CC(C)/C=C\CC(C)C.NCS. The fourth-order valence-corrected chi connectivity index (χ4v) is 0.869. The van der Waals surface area contributed by atoms with E-state index in [0.717, 1.165) is 12.3 Å². The van der Waals surface area contributed by atoms with Gasteiger partial charge in [0, 0.05) is 5.88 Å². The van der Waals surface area contributed by atoms with Crippen LogP contribution < -0.4 is 5.73 Å². The Labute approximate surface area is 121 Å². The molecule has 0 saturated heterocycles. The summed E-state index contributed by atoms with van der Waals surface area (Å²) in [5.41, 5.74) is 5.88. The molecule has 0 aromatic heterocycles. The maximum absolute atomic E-state index is 4.71. The molecule has 2 N–H and O–H groups in total. The quantitative estimate of drug-likeness (QED) is 0.400.